The van der Waals surface area contributed by atoms with Crippen LogP contribution in [0.4, 0.5) is 0 Å². The van der Waals surface area contributed by atoms with Crippen LogP contribution in [0.25, 0.3) is 0 Å². The number of rotatable bonds is 13. The molecule has 1 nitrogen and oxygen atoms in total. The van der Waals surface area contributed by atoms with Gasteiger partial charge in [0.15, 0.2) is 0 Å². The summed E-state index contributed by atoms with van der Waals surface area (Å²) in [5, 5.41) is 0. The summed E-state index contributed by atoms with van der Waals surface area (Å²) >= 11 is 0. The molecule has 2 aliphatic carbocycles. The molecule has 0 N–H and O–H groups in total. The topological polar surface area (TPSA) is 17.1 Å². The van der Waals surface area contributed by atoms with Crippen LogP contribution in [0.1, 0.15) is 136 Å². The van der Waals surface area contributed by atoms with Crippen LogP contribution >= 0.6 is 0 Å². The van der Waals surface area contributed by atoms with Crippen LogP contribution in [-0.2, 0) is 10.8 Å². The van der Waals surface area contributed by atoms with Crippen molar-refractivity contribution in [3.63, 3.8) is 0 Å². The van der Waals surface area contributed by atoms with E-state index in [1.807, 2.05) is 6.26 Å². The largest absolute Gasteiger partial charge is 0.259 e. The molecule has 1 atom stereocenters. The van der Waals surface area contributed by atoms with Crippen molar-refractivity contribution >= 4 is 10.8 Å². The van der Waals surface area contributed by atoms with Gasteiger partial charge in [-0.15, -0.1) is 0 Å². The Morgan fingerprint density at radius 2 is 1.25 bits per heavy atom. The van der Waals surface area contributed by atoms with Gasteiger partial charge < -0.3 is 0 Å². The Hall–Kier alpha value is 0.150. The smallest absolute Gasteiger partial charge is 0.0456 e. The monoisotopic (exact) mass is 410 g/mol. The van der Waals surface area contributed by atoms with E-state index in [1.165, 1.54) is 122 Å². The number of hydrogen-bond acceptors (Lipinski definition) is 1. The molecule has 1 unspecified atom stereocenters. The summed E-state index contributed by atoms with van der Waals surface area (Å²) in [5.41, 5.74) is 0. The highest BCUT2D eigenvalue weighted by atomic mass is 32.2. The van der Waals surface area contributed by atoms with Crippen LogP contribution in [-0.4, -0.2) is 15.2 Å². The highest BCUT2D eigenvalue weighted by Crippen LogP contribution is 2.46. The van der Waals surface area contributed by atoms with Crippen molar-refractivity contribution in [2.24, 2.45) is 17.8 Å². The molecule has 0 spiro atoms. The summed E-state index contributed by atoms with van der Waals surface area (Å²) in [6.45, 7) is 4.58. The summed E-state index contributed by atoms with van der Waals surface area (Å²) < 4.78 is 12.8. The summed E-state index contributed by atoms with van der Waals surface area (Å²) in [7, 11) is -0.648. The van der Waals surface area contributed by atoms with E-state index in [2.05, 4.69) is 13.8 Å². The first kappa shape index (κ1) is 24.4. The van der Waals surface area contributed by atoms with Gasteiger partial charge in [0.25, 0.3) is 0 Å². The van der Waals surface area contributed by atoms with Crippen molar-refractivity contribution in [1.82, 2.24) is 0 Å². The van der Waals surface area contributed by atoms with E-state index in [0.29, 0.717) is 0 Å². The molecule has 0 aromatic carbocycles. The fraction of sp³-hybridized carbons (Fsp3) is 1.00. The van der Waals surface area contributed by atoms with Crippen molar-refractivity contribution in [1.29, 1.82) is 0 Å². The molecular weight excluding hydrogens is 360 g/mol. The van der Waals surface area contributed by atoms with Crippen LogP contribution in [0.15, 0.2) is 0 Å². The second-order valence-corrected chi connectivity index (χ2v) is 12.0. The molecule has 2 rings (SSSR count). The minimum atomic E-state index is -0.648. The third-order valence-corrected chi connectivity index (χ3v) is 10.1. The van der Waals surface area contributed by atoms with E-state index in [1.54, 1.807) is 0 Å². The van der Waals surface area contributed by atoms with E-state index in [-0.39, 0.29) is 4.75 Å². The lowest BCUT2D eigenvalue weighted by molar-refractivity contribution is 0.147. The van der Waals surface area contributed by atoms with Gasteiger partial charge in [-0.3, -0.25) is 4.21 Å². The molecule has 28 heavy (non-hydrogen) atoms. The summed E-state index contributed by atoms with van der Waals surface area (Å²) in [6.07, 6.45) is 28.3. The average molecular weight is 411 g/mol. The maximum absolute atomic E-state index is 12.6. The van der Waals surface area contributed by atoms with E-state index in [0.717, 1.165) is 17.8 Å². The molecule has 2 fully saturated rings. The molecule has 0 aliphatic heterocycles. The average Bonchev–Trinajstić information content (AvgIpc) is 2.72. The zero-order valence-corrected chi connectivity index (χ0v) is 20.3. The molecule has 0 radical (unpaired) electrons. The van der Waals surface area contributed by atoms with Gasteiger partial charge in [-0.2, -0.15) is 0 Å². The van der Waals surface area contributed by atoms with E-state index in [4.69, 9.17) is 0 Å². The van der Waals surface area contributed by atoms with Gasteiger partial charge in [-0.1, -0.05) is 90.9 Å². The van der Waals surface area contributed by atoms with Gasteiger partial charge >= 0.3 is 0 Å². The minimum Gasteiger partial charge on any atom is -0.259 e. The summed E-state index contributed by atoms with van der Waals surface area (Å²) in [4.78, 5) is 0. The van der Waals surface area contributed by atoms with Crippen LogP contribution in [0.3, 0.4) is 0 Å². The first-order valence-electron chi connectivity index (χ1n) is 12.9. The zero-order valence-electron chi connectivity index (χ0n) is 19.5. The number of unbranched alkanes of at least 4 members (excludes halogenated alkanes) is 7. The van der Waals surface area contributed by atoms with Crippen molar-refractivity contribution in [3.8, 4) is 0 Å². The first-order valence-corrected chi connectivity index (χ1v) is 14.5. The number of hydrogen-bond donors (Lipinski definition) is 0. The van der Waals surface area contributed by atoms with E-state index >= 15 is 0 Å². The highest BCUT2D eigenvalue weighted by Gasteiger charge is 2.40. The molecule has 0 saturated heterocycles. The van der Waals surface area contributed by atoms with Gasteiger partial charge in [0.05, 0.1) is 0 Å². The summed E-state index contributed by atoms with van der Waals surface area (Å²) in [5.74, 6) is 2.96. The molecule has 166 valence electrons. The van der Waals surface area contributed by atoms with Gasteiger partial charge in [0.1, 0.15) is 0 Å². The molecule has 0 aromatic rings. The van der Waals surface area contributed by atoms with Gasteiger partial charge in [-0.25, -0.2) is 0 Å². The molecule has 0 heterocycles. The predicted octanol–water partition coefficient (Wildman–Crippen LogP) is 8.43. The first-order chi connectivity index (χ1) is 13.6. The molecular formula is C26H50OS. The van der Waals surface area contributed by atoms with Crippen LogP contribution in [0.2, 0.25) is 0 Å². The second kappa shape index (κ2) is 13.5. The molecule has 2 saturated carbocycles. The standard InChI is InChI=1S/C26H50OS/c1-4-6-8-10-11-13-23-14-16-24(17-15-23)25-18-21-26(22-19-25,28(3)27)20-12-9-7-5-2/h23-25H,4-22H2,1-3H3. The SMILES string of the molecule is CCCCCCCC1CCC(C2CCC(CCCCCC)(S(C)=O)CC2)CC1. The van der Waals surface area contributed by atoms with Crippen LogP contribution < -0.4 is 0 Å². The van der Waals surface area contributed by atoms with Crippen molar-refractivity contribution in [2.45, 2.75) is 141 Å². The van der Waals surface area contributed by atoms with Crippen molar-refractivity contribution < 1.29 is 4.21 Å². The Labute approximate surface area is 179 Å². The third-order valence-electron chi connectivity index (χ3n) is 8.31. The molecule has 2 heteroatoms. The maximum atomic E-state index is 12.6. The van der Waals surface area contributed by atoms with E-state index < -0.39 is 10.8 Å². The molecule has 0 aromatic heterocycles. The predicted molar refractivity (Wildman–Crippen MR) is 126 cm³/mol. The lowest BCUT2D eigenvalue weighted by Gasteiger charge is -2.43. The Bertz CT molecular complexity index is 416. The van der Waals surface area contributed by atoms with Gasteiger partial charge in [0, 0.05) is 21.8 Å². The fourth-order valence-electron chi connectivity index (χ4n) is 6.18. The summed E-state index contributed by atoms with van der Waals surface area (Å²) in [6, 6.07) is 0. The Kier molecular flexibility index (Phi) is 11.7. The lowest BCUT2D eigenvalue weighted by Crippen LogP contribution is -2.40. The van der Waals surface area contributed by atoms with Crippen LogP contribution in [0, 0.1) is 17.8 Å². The maximum Gasteiger partial charge on any atom is 0.0456 e. The van der Waals surface area contributed by atoms with Gasteiger partial charge in [0.2, 0.25) is 0 Å². The Balaban J connectivity index is 1.68. The molecule has 2 aliphatic rings. The Morgan fingerprint density at radius 3 is 1.82 bits per heavy atom. The normalized spacial score (nSPS) is 32.3. The van der Waals surface area contributed by atoms with Gasteiger partial charge in [-0.05, 0) is 62.7 Å². The third kappa shape index (κ3) is 7.77. The zero-order chi connectivity index (χ0) is 20.2. The second-order valence-electron chi connectivity index (χ2n) is 10.3. The fourth-order valence-corrected chi connectivity index (χ4v) is 7.42. The lowest BCUT2D eigenvalue weighted by atomic mass is 9.68. The minimum absolute atomic E-state index is 0.167. The van der Waals surface area contributed by atoms with Crippen molar-refractivity contribution in [3.05, 3.63) is 0 Å². The van der Waals surface area contributed by atoms with Crippen molar-refractivity contribution in [2.75, 3.05) is 6.26 Å². The highest BCUT2D eigenvalue weighted by molar-refractivity contribution is 7.85. The quantitative estimate of drug-likeness (QED) is 0.278. The van der Waals surface area contributed by atoms with E-state index in [9.17, 15) is 4.21 Å². The molecule has 0 bridgehead atoms. The Morgan fingerprint density at radius 1 is 0.714 bits per heavy atom. The van der Waals surface area contributed by atoms with Crippen LogP contribution in [0.5, 0.6) is 0 Å². The molecule has 0 amide bonds.